The maximum atomic E-state index is 14.2. The van der Waals surface area contributed by atoms with Gasteiger partial charge in [0.2, 0.25) is 0 Å². The zero-order chi connectivity index (χ0) is 83.8. The van der Waals surface area contributed by atoms with Crippen molar-refractivity contribution < 1.29 is 76.1 Å². The van der Waals surface area contributed by atoms with E-state index in [1.165, 1.54) is 103 Å². The van der Waals surface area contributed by atoms with Crippen LogP contribution in [0.4, 0.5) is 0 Å². The van der Waals surface area contributed by atoms with E-state index in [1.54, 1.807) is 24.3 Å². The Labute approximate surface area is 716 Å². The van der Waals surface area contributed by atoms with E-state index in [0.717, 1.165) is 178 Å². The summed E-state index contributed by atoms with van der Waals surface area (Å²) in [6.07, 6.45) is 43.4. The Morgan fingerprint density at radius 2 is 0.725 bits per heavy atom. The number of hydrogen-bond acceptors (Lipinski definition) is 16. The van der Waals surface area contributed by atoms with Crippen molar-refractivity contribution in [3.8, 4) is 53.1 Å². The average molecular weight is 1640 g/mol. The van der Waals surface area contributed by atoms with Gasteiger partial charge < -0.3 is 52.1 Å². The summed E-state index contributed by atoms with van der Waals surface area (Å²) in [6, 6.07) is 30.9. The van der Waals surface area contributed by atoms with E-state index < -0.39 is 29.1 Å². The van der Waals surface area contributed by atoms with Gasteiger partial charge in [-0.05, 0) is 318 Å². The first-order valence-electron chi connectivity index (χ1n) is 46.1. The summed E-state index contributed by atoms with van der Waals surface area (Å²) < 4.78 is 65.2. The van der Waals surface area contributed by atoms with Crippen LogP contribution in [0.1, 0.15) is 314 Å². The molecule has 4 aromatic rings. The summed E-state index contributed by atoms with van der Waals surface area (Å²) in [5.41, 5.74) is 4.16. The van der Waals surface area contributed by atoms with Gasteiger partial charge in [0.15, 0.2) is 5.60 Å². The molecule has 0 bridgehead atoms. The van der Waals surface area contributed by atoms with Crippen molar-refractivity contribution in [1.82, 2.24) is 0 Å². The van der Waals surface area contributed by atoms with E-state index in [9.17, 15) is 24.0 Å². The summed E-state index contributed by atoms with van der Waals surface area (Å²) in [5, 5.41) is 0. The van der Waals surface area contributed by atoms with Crippen molar-refractivity contribution in [2.45, 2.75) is 306 Å². The highest BCUT2D eigenvalue weighted by atomic mass is 16.7. The molecule has 16 nitrogen and oxygen atoms in total. The lowest BCUT2D eigenvalue weighted by atomic mass is 9.67. The molecule has 120 heavy (non-hydrogen) atoms. The highest BCUT2D eigenvalue weighted by Crippen LogP contribution is 2.47. The number of carbonyl (C=O) groups excluding carboxylic acids is 5. The number of unbranched alkanes of at least 4 members (excludes halogenated alkanes) is 6. The Balaban J connectivity index is 0.637. The summed E-state index contributed by atoms with van der Waals surface area (Å²) in [4.78, 5) is 62.6. The Hall–Kier alpha value is -8.29. The van der Waals surface area contributed by atoms with Crippen LogP contribution >= 0.6 is 0 Å². The van der Waals surface area contributed by atoms with Gasteiger partial charge in [0.1, 0.15) is 31.7 Å². The van der Waals surface area contributed by atoms with Crippen LogP contribution < -0.4 is 4.74 Å². The molecule has 0 saturated heterocycles. The predicted octanol–water partition coefficient (Wildman–Crippen LogP) is 21.5. The highest BCUT2D eigenvalue weighted by Gasteiger charge is 2.42. The lowest BCUT2D eigenvalue weighted by molar-refractivity contribution is -0.173. The van der Waals surface area contributed by atoms with Crippen LogP contribution in [-0.4, -0.2) is 112 Å². The molecule has 0 radical (unpaired) electrons. The van der Waals surface area contributed by atoms with Crippen molar-refractivity contribution in [2.75, 3.05) is 46.8 Å². The van der Waals surface area contributed by atoms with Crippen LogP contribution in [0.15, 0.2) is 122 Å². The lowest BCUT2D eigenvalue weighted by Gasteiger charge is -2.41. The number of hydrogen-bond donors (Lipinski definition) is 0. The Bertz CT molecular complexity index is 4060. The number of benzene rings is 4. The molecule has 0 heterocycles. The normalized spacial score (nSPS) is 26.0. The SMILES string of the molecule is C=CC(=O)OCCCCOCOC1CCC(C(=O)Oc2ccc(C(=O)OC3(C#Cc4ccc(C#Cc5ccc(C#Cc6ccc(C#CC7(OCOC8CCC(OCOC9CCC(C(=O)OCCCCOC(=O)C=C)CC9)CC8)CCC(C8CCC(CCCCC)CC8)CC7)cc6)cc5)cc4)CCC(C4CCC(CCCCC)CC4)CC3)cc2)CC1. The van der Waals surface area contributed by atoms with Gasteiger partial charge in [-0.2, -0.15) is 0 Å². The van der Waals surface area contributed by atoms with Crippen LogP contribution in [-0.2, 0) is 66.5 Å². The van der Waals surface area contributed by atoms with Crippen LogP contribution in [0.5, 0.6) is 5.75 Å². The molecule has 7 saturated carbocycles. The Morgan fingerprint density at radius 1 is 0.367 bits per heavy atom. The second-order valence-electron chi connectivity index (χ2n) is 35.0. The number of esters is 5. The second kappa shape index (κ2) is 50.3. The monoisotopic (exact) mass is 1640 g/mol. The molecule has 16 heteroatoms. The first-order chi connectivity index (χ1) is 58.7. The van der Waals surface area contributed by atoms with Gasteiger partial charge in [0, 0.05) is 52.1 Å². The first kappa shape index (κ1) is 92.4. The van der Waals surface area contributed by atoms with E-state index in [4.69, 9.17) is 52.1 Å². The molecule has 0 N–H and O–H groups in total. The molecule has 0 amide bonds. The zero-order valence-corrected chi connectivity index (χ0v) is 72.0. The third-order valence-corrected chi connectivity index (χ3v) is 26.6. The molecule has 4 aromatic carbocycles. The number of carbonyl (C=O) groups is 5. The van der Waals surface area contributed by atoms with Crippen LogP contribution in [0, 0.1) is 94.7 Å². The molecular formula is C104H134O16. The molecule has 0 atom stereocenters. The van der Waals surface area contributed by atoms with E-state index >= 15 is 0 Å². The number of ether oxygens (including phenoxy) is 11. The second-order valence-corrected chi connectivity index (χ2v) is 35.0. The third kappa shape index (κ3) is 31.2. The molecule has 7 fully saturated rings. The van der Waals surface area contributed by atoms with Crippen molar-refractivity contribution in [1.29, 1.82) is 0 Å². The van der Waals surface area contributed by atoms with Crippen molar-refractivity contribution in [3.05, 3.63) is 161 Å². The molecule has 7 aliphatic rings. The van der Waals surface area contributed by atoms with Crippen molar-refractivity contribution >= 4 is 29.8 Å². The quantitative estimate of drug-likeness (QED) is 0.00783. The highest BCUT2D eigenvalue weighted by molar-refractivity contribution is 5.90. The average Bonchev–Trinajstić information content (AvgIpc) is 0.804. The van der Waals surface area contributed by atoms with Gasteiger partial charge in [0.25, 0.3) is 0 Å². The summed E-state index contributed by atoms with van der Waals surface area (Å²) >= 11 is 0. The van der Waals surface area contributed by atoms with Gasteiger partial charge in [0.05, 0.1) is 61.6 Å². The molecule has 7 aliphatic carbocycles. The molecule has 0 aliphatic heterocycles. The predicted molar refractivity (Wildman–Crippen MR) is 466 cm³/mol. The fourth-order valence-corrected chi connectivity index (χ4v) is 18.9. The molecule has 0 spiro atoms. The van der Waals surface area contributed by atoms with E-state index in [-0.39, 0.29) is 75.2 Å². The molecule has 646 valence electrons. The van der Waals surface area contributed by atoms with Gasteiger partial charge in [-0.3, -0.25) is 9.59 Å². The van der Waals surface area contributed by atoms with Gasteiger partial charge >= 0.3 is 29.8 Å². The van der Waals surface area contributed by atoms with E-state index in [2.05, 4.69) is 86.5 Å². The van der Waals surface area contributed by atoms with E-state index in [0.29, 0.717) is 87.9 Å². The first-order valence-corrected chi connectivity index (χ1v) is 46.1. The maximum absolute atomic E-state index is 14.2. The Kier molecular flexibility index (Phi) is 38.8. The molecule has 11 rings (SSSR count). The van der Waals surface area contributed by atoms with Gasteiger partial charge in [-0.25, -0.2) is 14.4 Å². The fourth-order valence-electron chi connectivity index (χ4n) is 18.9. The van der Waals surface area contributed by atoms with E-state index in [1.807, 2.05) is 60.7 Å². The largest absolute Gasteiger partial charge is 0.465 e. The Morgan fingerprint density at radius 3 is 1.15 bits per heavy atom. The summed E-state index contributed by atoms with van der Waals surface area (Å²) in [5.74, 6) is 30.4. The maximum Gasteiger partial charge on any atom is 0.339 e. The number of rotatable bonds is 38. The minimum Gasteiger partial charge on any atom is -0.465 e. The minimum atomic E-state index is -0.950. The fraction of sp³-hybridized carbons (Fsp3) is 0.606. The zero-order valence-electron chi connectivity index (χ0n) is 72.0. The van der Waals surface area contributed by atoms with Crippen LogP contribution in [0.3, 0.4) is 0 Å². The molecule has 0 unspecified atom stereocenters. The van der Waals surface area contributed by atoms with Crippen molar-refractivity contribution in [2.24, 2.45) is 47.3 Å². The molecular weight excluding hydrogens is 1510 g/mol. The lowest BCUT2D eigenvalue weighted by Crippen LogP contribution is -2.39. The van der Waals surface area contributed by atoms with Gasteiger partial charge in [-0.15, -0.1) is 0 Å². The van der Waals surface area contributed by atoms with Gasteiger partial charge in [-0.1, -0.05) is 145 Å². The smallest absolute Gasteiger partial charge is 0.339 e. The van der Waals surface area contributed by atoms with Crippen LogP contribution in [0.2, 0.25) is 0 Å². The standard InChI is InChI=1S/C104H134O16/c1-5-9-11-17-78-35-39-86(40-36-78)88-61-67-103(68-62-88,118-77-117-96-57-55-95(56-58-96)116-76-115-94-49-43-90(44-50-94)100(107)113-74-16-15-73-112-99(106)8-4)65-59-84-31-27-82(28-32-84)25-23-80-19-21-81(22-20-80)24-26-83-29-33-85(34-30-83)60-66-104(69-63-89(64-70-104)87-41-37-79(38-42-87)18-12-10-6-2)120-102(109)92-47-53-97(54-48-92)119-101(108)91-45-51-93(52-46-91)114-75-110-71-13-14-72-111-98(105)7-3/h7-8,19-22,27-34,47-48,53-54,78-79,86-91,93-96H,3-6,9-18,35-46,49-52,55-58,61-64,67-77H2,1-2H3. The summed E-state index contributed by atoms with van der Waals surface area (Å²) in [6.45, 7) is 13.5. The molecule has 0 aromatic heterocycles. The van der Waals surface area contributed by atoms with Crippen molar-refractivity contribution in [3.63, 3.8) is 0 Å². The topological polar surface area (TPSA) is 187 Å². The minimum absolute atomic E-state index is 0.00544. The van der Waals surface area contributed by atoms with Crippen LogP contribution in [0.25, 0.3) is 0 Å². The summed E-state index contributed by atoms with van der Waals surface area (Å²) in [7, 11) is 0. The third-order valence-electron chi connectivity index (χ3n) is 26.6.